The zero-order valence-electron chi connectivity index (χ0n) is 16.5. The largest absolute Gasteiger partial charge is 0.284 e. The fraction of sp³-hybridized carbons (Fsp3) is 0.333. The number of aryl methyl sites for hydroxylation is 1. The quantitative estimate of drug-likeness (QED) is 0.833. The third kappa shape index (κ3) is 4.42. The Balaban J connectivity index is 1.99. The zero-order valence-corrected chi connectivity index (χ0v) is 17.3. The second-order valence-corrected chi connectivity index (χ2v) is 9.16. The number of benzene rings is 2. The van der Waals surface area contributed by atoms with Gasteiger partial charge in [-0.1, -0.05) is 50.2 Å². The normalized spacial score (nSPS) is 17.0. The fourth-order valence-corrected chi connectivity index (χ4v) is 3.89. The molecule has 1 aliphatic rings. The van der Waals surface area contributed by atoms with Crippen LogP contribution >= 0.6 is 0 Å². The van der Waals surface area contributed by atoms with Crippen LogP contribution in [0.1, 0.15) is 43.0 Å². The number of hydrazone groups is 1. The van der Waals surface area contributed by atoms with Crippen molar-refractivity contribution in [3.05, 3.63) is 65.2 Å². The molecule has 3 rings (SSSR count). The van der Waals surface area contributed by atoms with E-state index in [2.05, 4.69) is 9.82 Å². The van der Waals surface area contributed by atoms with Gasteiger partial charge in [-0.05, 0) is 35.7 Å². The van der Waals surface area contributed by atoms with E-state index < -0.39 is 10.0 Å². The molecule has 0 fully saturated rings. The molecule has 0 unspecified atom stereocenters. The molecule has 6 nitrogen and oxygen atoms in total. The zero-order chi connectivity index (χ0) is 20.5. The number of nitrogens with one attached hydrogen (secondary N) is 1. The number of sulfonamides is 1. The van der Waals surface area contributed by atoms with Crippen molar-refractivity contribution in [2.75, 3.05) is 11.0 Å². The summed E-state index contributed by atoms with van der Waals surface area (Å²) in [6.07, 6.45) is 1.69. The van der Waals surface area contributed by atoms with E-state index in [1.165, 1.54) is 0 Å². The molecule has 7 heteroatoms. The Morgan fingerprint density at radius 1 is 1.18 bits per heavy atom. The molecule has 0 aromatic heterocycles. The first-order valence-corrected chi connectivity index (χ1v) is 11.1. The molecule has 148 valence electrons. The van der Waals surface area contributed by atoms with Crippen molar-refractivity contribution in [1.82, 2.24) is 5.01 Å². The van der Waals surface area contributed by atoms with Gasteiger partial charge in [-0.25, -0.2) is 13.4 Å². The molecule has 0 radical (unpaired) electrons. The number of nitrogens with zero attached hydrogens (tertiary/aromatic N) is 2. The summed E-state index contributed by atoms with van der Waals surface area (Å²) < 4.78 is 25.5. The smallest absolute Gasteiger partial charge is 0.245 e. The first-order valence-electron chi connectivity index (χ1n) is 9.20. The van der Waals surface area contributed by atoms with Crippen LogP contribution in [0, 0.1) is 12.8 Å². The SMILES string of the molecule is Cc1ccccc1[C@@H]1CC(c2cccc(NS(C)(=O)=O)c2)=NN1C(=O)C(C)C. The predicted molar refractivity (Wildman–Crippen MR) is 112 cm³/mol. The summed E-state index contributed by atoms with van der Waals surface area (Å²) in [7, 11) is -3.37. The van der Waals surface area contributed by atoms with Gasteiger partial charge in [0.1, 0.15) is 0 Å². The average molecular weight is 400 g/mol. The minimum absolute atomic E-state index is 0.0336. The van der Waals surface area contributed by atoms with Crippen LogP contribution in [0.3, 0.4) is 0 Å². The van der Waals surface area contributed by atoms with Gasteiger partial charge >= 0.3 is 0 Å². The lowest BCUT2D eigenvalue weighted by atomic mass is 9.95. The minimum atomic E-state index is -3.37. The van der Waals surface area contributed by atoms with Crippen LogP contribution in [0.25, 0.3) is 0 Å². The molecule has 1 heterocycles. The lowest BCUT2D eigenvalue weighted by molar-refractivity contribution is -0.136. The molecule has 0 bridgehead atoms. The van der Waals surface area contributed by atoms with Crippen LogP contribution in [-0.2, 0) is 14.8 Å². The van der Waals surface area contributed by atoms with Crippen molar-refractivity contribution < 1.29 is 13.2 Å². The molecule has 0 aliphatic carbocycles. The summed E-state index contributed by atoms with van der Waals surface area (Å²) in [5, 5.41) is 6.22. The lowest BCUT2D eigenvalue weighted by Gasteiger charge is -2.24. The van der Waals surface area contributed by atoms with E-state index in [9.17, 15) is 13.2 Å². The van der Waals surface area contributed by atoms with Gasteiger partial charge in [0, 0.05) is 18.0 Å². The van der Waals surface area contributed by atoms with Crippen molar-refractivity contribution in [3.63, 3.8) is 0 Å². The Bertz CT molecular complexity index is 1030. The van der Waals surface area contributed by atoms with Crippen LogP contribution in [0.4, 0.5) is 5.69 Å². The first-order chi connectivity index (χ1) is 13.2. The van der Waals surface area contributed by atoms with E-state index >= 15 is 0 Å². The standard InChI is InChI=1S/C21H25N3O3S/c1-14(2)21(25)24-20(18-11-6-5-8-15(18)3)13-19(22-24)16-9-7-10-17(12-16)23-28(4,26)27/h5-12,14,20,23H,13H2,1-4H3/t20-/m0/s1. The number of amides is 1. The van der Waals surface area contributed by atoms with E-state index in [0.29, 0.717) is 12.1 Å². The van der Waals surface area contributed by atoms with Gasteiger partial charge in [-0.2, -0.15) is 5.10 Å². The fourth-order valence-electron chi connectivity index (χ4n) is 3.33. The summed E-state index contributed by atoms with van der Waals surface area (Å²) in [5.41, 5.74) is 4.22. The van der Waals surface area contributed by atoms with Crippen molar-refractivity contribution in [2.24, 2.45) is 11.0 Å². The Morgan fingerprint density at radius 3 is 2.54 bits per heavy atom. The van der Waals surface area contributed by atoms with E-state index in [0.717, 1.165) is 28.7 Å². The molecule has 2 aromatic rings. The number of hydrogen-bond donors (Lipinski definition) is 1. The van der Waals surface area contributed by atoms with Gasteiger partial charge < -0.3 is 0 Å². The Hall–Kier alpha value is -2.67. The Morgan fingerprint density at radius 2 is 1.89 bits per heavy atom. The molecule has 0 saturated carbocycles. The van der Waals surface area contributed by atoms with Crippen LogP contribution in [0.15, 0.2) is 53.6 Å². The Kier molecular flexibility index (Phi) is 5.56. The van der Waals surface area contributed by atoms with Crippen LogP contribution in [0.5, 0.6) is 0 Å². The summed E-state index contributed by atoms with van der Waals surface area (Å²) in [6.45, 7) is 5.75. The van der Waals surface area contributed by atoms with E-state index in [1.807, 2.05) is 51.1 Å². The van der Waals surface area contributed by atoms with Crippen LogP contribution in [0.2, 0.25) is 0 Å². The minimum Gasteiger partial charge on any atom is -0.284 e. The molecule has 1 aliphatic heterocycles. The monoisotopic (exact) mass is 399 g/mol. The molecule has 2 aromatic carbocycles. The van der Waals surface area contributed by atoms with Crippen molar-refractivity contribution in [1.29, 1.82) is 0 Å². The molecule has 1 N–H and O–H groups in total. The highest BCUT2D eigenvalue weighted by atomic mass is 32.2. The Labute approximate surface area is 166 Å². The van der Waals surface area contributed by atoms with Crippen LogP contribution < -0.4 is 4.72 Å². The second kappa shape index (κ2) is 7.75. The number of carbonyl (C=O) groups excluding carboxylic acids is 1. The van der Waals surface area contributed by atoms with Gasteiger partial charge in [0.05, 0.1) is 18.0 Å². The number of carbonyl (C=O) groups is 1. The van der Waals surface area contributed by atoms with Crippen LogP contribution in [-0.4, -0.2) is 31.3 Å². The van der Waals surface area contributed by atoms with Gasteiger partial charge in [-0.3, -0.25) is 9.52 Å². The van der Waals surface area contributed by atoms with E-state index in [1.54, 1.807) is 23.2 Å². The maximum absolute atomic E-state index is 12.8. The number of anilines is 1. The molecule has 0 spiro atoms. The molecule has 28 heavy (non-hydrogen) atoms. The van der Waals surface area contributed by atoms with Crippen molar-refractivity contribution in [3.8, 4) is 0 Å². The topological polar surface area (TPSA) is 78.8 Å². The highest BCUT2D eigenvalue weighted by molar-refractivity contribution is 7.92. The molecule has 0 saturated heterocycles. The van der Waals surface area contributed by atoms with E-state index in [-0.39, 0.29) is 17.9 Å². The summed E-state index contributed by atoms with van der Waals surface area (Å²) in [4.78, 5) is 12.8. The summed E-state index contributed by atoms with van der Waals surface area (Å²) in [6, 6.07) is 14.9. The summed E-state index contributed by atoms with van der Waals surface area (Å²) in [5.74, 6) is -0.207. The molecular weight excluding hydrogens is 374 g/mol. The maximum atomic E-state index is 12.8. The van der Waals surface area contributed by atoms with E-state index in [4.69, 9.17) is 0 Å². The number of hydrogen-bond acceptors (Lipinski definition) is 4. The van der Waals surface area contributed by atoms with Gasteiger partial charge in [-0.15, -0.1) is 0 Å². The van der Waals surface area contributed by atoms with Crippen molar-refractivity contribution >= 4 is 27.3 Å². The summed E-state index contributed by atoms with van der Waals surface area (Å²) >= 11 is 0. The third-order valence-corrected chi connectivity index (χ3v) is 5.28. The molecular formula is C21H25N3O3S. The average Bonchev–Trinajstić information content (AvgIpc) is 3.05. The van der Waals surface area contributed by atoms with Crippen molar-refractivity contribution in [2.45, 2.75) is 33.2 Å². The molecule has 1 atom stereocenters. The maximum Gasteiger partial charge on any atom is 0.245 e. The second-order valence-electron chi connectivity index (χ2n) is 7.42. The highest BCUT2D eigenvalue weighted by Crippen LogP contribution is 2.35. The van der Waals surface area contributed by atoms with Gasteiger partial charge in [0.2, 0.25) is 15.9 Å². The number of rotatable bonds is 5. The molecule has 1 amide bonds. The third-order valence-electron chi connectivity index (χ3n) is 4.68. The first kappa shape index (κ1) is 20.1. The highest BCUT2D eigenvalue weighted by Gasteiger charge is 2.34. The van der Waals surface area contributed by atoms with Gasteiger partial charge in [0.15, 0.2) is 0 Å². The lowest BCUT2D eigenvalue weighted by Crippen LogP contribution is -2.30. The predicted octanol–water partition coefficient (Wildman–Crippen LogP) is 3.70. The van der Waals surface area contributed by atoms with Gasteiger partial charge in [0.25, 0.3) is 0 Å².